The van der Waals surface area contributed by atoms with E-state index in [0.717, 1.165) is 25.5 Å². The van der Waals surface area contributed by atoms with Crippen LogP contribution in [0.15, 0.2) is 24.5 Å². The number of fused-ring (bicyclic) bond motifs is 1. The minimum atomic E-state index is -4.74. The highest BCUT2D eigenvalue weighted by Crippen LogP contribution is 2.38. The van der Waals surface area contributed by atoms with Gasteiger partial charge in [-0.1, -0.05) is 0 Å². The normalized spacial score (nSPS) is 19.9. The zero-order valence-corrected chi connectivity index (χ0v) is 22.3. The molecule has 0 radical (unpaired) electrons. The topological polar surface area (TPSA) is 109 Å². The molecule has 0 unspecified atom stereocenters. The maximum Gasteiger partial charge on any atom is 0.421 e. The SMILES string of the molecule is CN1CCC[C@H]1CC(=O)N1CC[C@H](OCCOc2ncc(-c3nc(C#N)nc4c3ccn4C)cc2C(F)(F)F)C1. The van der Waals surface area contributed by atoms with Crippen LogP contribution in [0.4, 0.5) is 13.2 Å². The van der Waals surface area contributed by atoms with Crippen molar-refractivity contribution in [3.63, 3.8) is 0 Å². The van der Waals surface area contributed by atoms with Gasteiger partial charge in [0.15, 0.2) is 0 Å². The first-order chi connectivity index (χ1) is 19.1. The lowest BCUT2D eigenvalue weighted by molar-refractivity contribution is -0.139. The summed E-state index contributed by atoms with van der Waals surface area (Å²) in [5.41, 5.74) is -0.369. The van der Waals surface area contributed by atoms with Crippen molar-refractivity contribution >= 4 is 16.9 Å². The van der Waals surface area contributed by atoms with E-state index in [9.17, 15) is 23.2 Å². The molecule has 0 aromatic carbocycles. The average molecular weight is 558 g/mol. The maximum atomic E-state index is 14.0. The van der Waals surface area contributed by atoms with Crippen LogP contribution in [0.2, 0.25) is 0 Å². The number of hydrogen-bond donors (Lipinski definition) is 0. The molecule has 10 nitrogen and oxygen atoms in total. The summed E-state index contributed by atoms with van der Waals surface area (Å²) in [4.78, 5) is 28.9. The lowest BCUT2D eigenvalue weighted by Crippen LogP contribution is -2.36. The van der Waals surface area contributed by atoms with E-state index in [0.29, 0.717) is 37.0 Å². The molecule has 40 heavy (non-hydrogen) atoms. The molecule has 3 aromatic rings. The Bertz CT molecular complexity index is 1440. The summed E-state index contributed by atoms with van der Waals surface area (Å²) < 4.78 is 54.8. The van der Waals surface area contributed by atoms with Crippen molar-refractivity contribution in [2.24, 2.45) is 7.05 Å². The Morgan fingerprint density at radius 1 is 1.20 bits per heavy atom. The van der Waals surface area contributed by atoms with E-state index in [1.165, 1.54) is 6.20 Å². The number of alkyl halides is 3. The van der Waals surface area contributed by atoms with Gasteiger partial charge in [-0.05, 0) is 45.0 Å². The summed E-state index contributed by atoms with van der Waals surface area (Å²) in [7, 11) is 3.75. The van der Waals surface area contributed by atoms with Gasteiger partial charge in [-0.2, -0.15) is 18.4 Å². The first kappa shape index (κ1) is 27.8. The lowest BCUT2D eigenvalue weighted by Gasteiger charge is -2.23. The first-order valence-electron chi connectivity index (χ1n) is 13.2. The number of halogens is 3. The van der Waals surface area contributed by atoms with E-state index in [4.69, 9.17) is 9.47 Å². The van der Waals surface area contributed by atoms with Crippen molar-refractivity contribution < 1.29 is 27.4 Å². The molecule has 0 aliphatic carbocycles. The molecule has 0 N–H and O–H groups in total. The fourth-order valence-corrected chi connectivity index (χ4v) is 5.32. The van der Waals surface area contributed by atoms with Gasteiger partial charge in [-0.15, -0.1) is 0 Å². The van der Waals surface area contributed by atoms with Crippen molar-refractivity contribution in [1.29, 1.82) is 5.26 Å². The molecule has 2 fully saturated rings. The number of rotatable bonds is 8. The van der Waals surface area contributed by atoms with Crippen LogP contribution in [0.5, 0.6) is 5.88 Å². The molecule has 13 heteroatoms. The summed E-state index contributed by atoms with van der Waals surface area (Å²) in [6.07, 6.45) is 1.30. The van der Waals surface area contributed by atoms with Gasteiger partial charge in [0.25, 0.3) is 0 Å². The molecule has 0 bridgehead atoms. The van der Waals surface area contributed by atoms with Crippen LogP contribution in [0.1, 0.15) is 37.1 Å². The number of likely N-dealkylation sites (tertiary alicyclic amines) is 2. The Kier molecular flexibility index (Phi) is 7.91. The van der Waals surface area contributed by atoms with Gasteiger partial charge in [0.1, 0.15) is 23.9 Å². The quantitative estimate of drug-likeness (QED) is 0.388. The Hall–Kier alpha value is -3.76. The number of carbonyl (C=O) groups is 1. The van der Waals surface area contributed by atoms with Crippen LogP contribution in [0.3, 0.4) is 0 Å². The van der Waals surface area contributed by atoms with E-state index in [-0.39, 0.29) is 48.3 Å². The van der Waals surface area contributed by atoms with Crippen LogP contribution in [-0.2, 0) is 22.8 Å². The number of carbonyl (C=O) groups excluding carboxylic acids is 1. The van der Waals surface area contributed by atoms with Crippen LogP contribution in [-0.4, -0.2) is 87.3 Å². The third-order valence-corrected chi connectivity index (χ3v) is 7.51. The Morgan fingerprint density at radius 2 is 2.02 bits per heavy atom. The van der Waals surface area contributed by atoms with Crippen molar-refractivity contribution in [2.75, 3.05) is 39.9 Å². The first-order valence-corrected chi connectivity index (χ1v) is 13.2. The van der Waals surface area contributed by atoms with Crippen LogP contribution >= 0.6 is 0 Å². The number of amides is 1. The fraction of sp³-hybridized carbons (Fsp3) is 0.519. The minimum absolute atomic E-state index is 0.0564. The summed E-state index contributed by atoms with van der Waals surface area (Å²) >= 11 is 0. The van der Waals surface area contributed by atoms with Gasteiger partial charge in [0.05, 0.1) is 18.4 Å². The standard InChI is InChI=1S/C27H30F3N7O3/c1-35-7-3-4-18(35)13-23(38)37-9-5-19(16-37)39-10-11-40-26-21(27(28,29)30)12-17(15-32-26)24-20-6-8-36(2)25(20)34-22(14-31)33-24/h6,8,12,15,18-19H,3-5,7,9-11,13,16H2,1-2H3/t18-,19-/m0/s1. The van der Waals surface area contributed by atoms with Gasteiger partial charge < -0.3 is 23.8 Å². The number of nitriles is 1. The Morgan fingerprint density at radius 3 is 2.75 bits per heavy atom. The van der Waals surface area contributed by atoms with Crippen molar-refractivity contribution in [2.45, 2.75) is 44.0 Å². The largest absolute Gasteiger partial charge is 0.475 e. The third-order valence-electron chi connectivity index (χ3n) is 7.51. The predicted molar refractivity (Wildman–Crippen MR) is 138 cm³/mol. The zero-order valence-electron chi connectivity index (χ0n) is 22.3. The van der Waals surface area contributed by atoms with Crippen LogP contribution in [0, 0.1) is 11.3 Å². The van der Waals surface area contributed by atoms with Crippen molar-refractivity contribution in [3.8, 4) is 23.2 Å². The number of hydrogen-bond acceptors (Lipinski definition) is 8. The van der Waals surface area contributed by atoms with Crippen LogP contribution < -0.4 is 4.74 Å². The fourth-order valence-electron chi connectivity index (χ4n) is 5.32. The molecule has 2 saturated heterocycles. The highest BCUT2D eigenvalue weighted by Gasteiger charge is 2.36. The molecule has 5 heterocycles. The van der Waals surface area contributed by atoms with E-state index < -0.39 is 17.6 Å². The molecule has 1 amide bonds. The molecule has 2 atom stereocenters. The summed E-state index contributed by atoms with van der Waals surface area (Å²) in [5, 5.41) is 9.80. The summed E-state index contributed by atoms with van der Waals surface area (Å²) in [6, 6.07) is 4.72. The van der Waals surface area contributed by atoms with Gasteiger partial charge in [-0.3, -0.25) is 4.79 Å². The number of nitrogens with zero attached hydrogens (tertiary/aromatic N) is 7. The molecule has 2 aliphatic rings. The molecule has 212 valence electrons. The lowest BCUT2D eigenvalue weighted by atomic mass is 10.1. The molecule has 2 aliphatic heterocycles. The number of pyridine rings is 1. The minimum Gasteiger partial charge on any atom is -0.475 e. The smallest absolute Gasteiger partial charge is 0.421 e. The van der Waals surface area contributed by atoms with E-state index in [1.54, 1.807) is 28.8 Å². The zero-order chi connectivity index (χ0) is 28.4. The van der Waals surface area contributed by atoms with Gasteiger partial charge in [0.2, 0.25) is 17.6 Å². The van der Waals surface area contributed by atoms with Gasteiger partial charge in [0, 0.05) is 55.9 Å². The highest BCUT2D eigenvalue weighted by molar-refractivity contribution is 5.91. The van der Waals surface area contributed by atoms with Crippen LogP contribution in [0.25, 0.3) is 22.3 Å². The van der Waals surface area contributed by atoms with Gasteiger partial charge >= 0.3 is 6.18 Å². The number of aryl methyl sites for hydroxylation is 1. The Balaban J connectivity index is 1.21. The molecule has 5 rings (SSSR count). The predicted octanol–water partition coefficient (Wildman–Crippen LogP) is 3.40. The highest BCUT2D eigenvalue weighted by atomic mass is 19.4. The van der Waals surface area contributed by atoms with Crippen molar-refractivity contribution in [3.05, 3.63) is 35.9 Å². The van der Waals surface area contributed by atoms with Gasteiger partial charge in [-0.25, -0.2) is 15.0 Å². The molecular weight excluding hydrogens is 527 g/mol. The average Bonchev–Trinajstić information content (AvgIpc) is 3.66. The number of aromatic nitrogens is 4. The second-order valence-electron chi connectivity index (χ2n) is 10.2. The Labute approximate surface area is 229 Å². The third kappa shape index (κ3) is 5.88. The molecule has 3 aromatic heterocycles. The van der Waals surface area contributed by atoms with Crippen molar-refractivity contribution in [1.82, 2.24) is 29.3 Å². The molecule has 0 saturated carbocycles. The summed E-state index contributed by atoms with van der Waals surface area (Å²) in [6.45, 7) is 2.00. The monoisotopic (exact) mass is 557 g/mol. The maximum absolute atomic E-state index is 14.0. The molecular formula is C27H30F3N7O3. The second-order valence-corrected chi connectivity index (χ2v) is 10.2. The van der Waals surface area contributed by atoms with E-state index in [1.807, 2.05) is 13.1 Å². The van der Waals surface area contributed by atoms with E-state index in [2.05, 4.69) is 19.9 Å². The molecule has 0 spiro atoms. The number of ether oxygens (including phenoxy) is 2. The summed E-state index contributed by atoms with van der Waals surface area (Å²) in [5.74, 6) is -0.616. The second kappa shape index (κ2) is 11.4. The van der Waals surface area contributed by atoms with E-state index >= 15 is 0 Å².